The van der Waals surface area contributed by atoms with Crippen LogP contribution in [-0.4, -0.2) is 29.3 Å². The lowest BCUT2D eigenvalue weighted by Crippen LogP contribution is -2.06. The Bertz CT molecular complexity index is 1480. The van der Waals surface area contributed by atoms with Crippen LogP contribution in [0.5, 0.6) is 0 Å². The Hall–Kier alpha value is -3.75. The fourth-order valence-corrected chi connectivity index (χ4v) is 4.44. The van der Waals surface area contributed by atoms with E-state index in [1.54, 1.807) is 23.3 Å². The summed E-state index contributed by atoms with van der Waals surface area (Å²) >= 11 is 6.06. The zero-order valence-electron chi connectivity index (χ0n) is 17.0. The maximum atomic E-state index is 6.26. The number of imidazole rings is 1. The zero-order valence-corrected chi connectivity index (χ0v) is 17.7. The minimum absolute atomic E-state index is 0.0845. The highest BCUT2D eigenvalue weighted by molar-refractivity contribution is 6.30. The third-order valence-electron chi connectivity index (χ3n) is 5.86. The molecular weight excluding hydrogens is 424 g/mol. The zero-order chi connectivity index (χ0) is 21.8. The minimum atomic E-state index is 0.0845. The van der Waals surface area contributed by atoms with Crippen LogP contribution in [-0.2, 0) is 6.42 Å². The summed E-state index contributed by atoms with van der Waals surface area (Å²) in [7, 11) is 0. The molecule has 0 radical (unpaired) electrons. The third kappa shape index (κ3) is 2.96. The summed E-state index contributed by atoms with van der Waals surface area (Å²) < 4.78 is 3.65. The van der Waals surface area contributed by atoms with Gasteiger partial charge in [0.2, 0.25) is 0 Å². The number of nitrogens with zero attached hydrogens (tertiary/aromatic N) is 6. The van der Waals surface area contributed by atoms with Crippen molar-refractivity contribution in [2.45, 2.75) is 18.9 Å². The normalized spacial score (nSPS) is 15.4. The summed E-state index contributed by atoms with van der Waals surface area (Å²) in [5.74, 6) is 1.72. The molecule has 0 amide bonds. The lowest BCUT2D eigenvalue weighted by atomic mass is 10.1. The first kappa shape index (κ1) is 19.0. The SMILES string of the molecule is Nc1ncccc1-c1nc2ccc(-n3cc(Cl)cn3)nc2n1-c1ccc2c(c1)CC[C@@H]2N. The molecule has 158 valence electrons. The van der Waals surface area contributed by atoms with Gasteiger partial charge in [-0.3, -0.25) is 4.57 Å². The van der Waals surface area contributed by atoms with Crippen molar-refractivity contribution < 1.29 is 0 Å². The second-order valence-corrected chi connectivity index (χ2v) is 8.29. The van der Waals surface area contributed by atoms with Gasteiger partial charge in [-0.25, -0.2) is 19.6 Å². The summed E-state index contributed by atoms with van der Waals surface area (Å²) in [6, 6.07) is 13.9. The van der Waals surface area contributed by atoms with Gasteiger partial charge in [0.25, 0.3) is 0 Å². The van der Waals surface area contributed by atoms with Gasteiger partial charge in [-0.1, -0.05) is 17.7 Å². The number of aryl methyl sites for hydroxylation is 1. The van der Waals surface area contributed by atoms with Crippen LogP contribution in [0.15, 0.2) is 61.1 Å². The average Bonchev–Trinajstić information content (AvgIpc) is 3.50. The van der Waals surface area contributed by atoms with Crippen LogP contribution in [0.25, 0.3) is 34.1 Å². The number of hydrogen-bond donors (Lipinski definition) is 2. The highest BCUT2D eigenvalue weighted by Gasteiger charge is 2.22. The average molecular weight is 443 g/mol. The summed E-state index contributed by atoms with van der Waals surface area (Å²) in [5, 5.41) is 4.82. The minimum Gasteiger partial charge on any atom is -0.383 e. The molecular formula is C23H19ClN8. The van der Waals surface area contributed by atoms with Crippen LogP contribution in [0, 0.1) is 0 Å². The summed E-state index contributed by atoms with van der Waals surface area (Å²) in [6.45, 7) is 0. The van der Waals surface area contributed by atoms with Crippen molar-refractivity contribution in [3.8, 4) is 22.9 Å². The van der Waals surface area contributed by atoms with Gasteiger partial charge in [0.05, 0.1) is 23.0 Å². The van der Waals surface area contributed by atoms with Crippen LogP contribution < -0.4 is 11.5 Å². The lowest BCUT2D eigenvalue weighted by molar-refractivity contribution is 0.713. The van der Waals surface area contributed by atoms with Gasteiger partial charge in [0.15, 0.2) is 17.3 Å². The van der Waals surface area contributed by atoms with Crippen molar-refractivity contribution in [3.05, 3.63) is 77.2 Å². The molecule has 0 spiro atoms. The standard InChI is InChI=1S/C23H19ClN8/c24-14-11-28-31(12-14)20-8-7-19-23(30-20)32(22(29-19)17-2-1-9-27-21(17)26)15-4-5-16-13(10-15)3-6-18(16)25/h1-2,4-5,7-12,18H,3,6,25H2,(H2,26,27)/t18-/m0/s1. The molecule has 0 aliphatic heterocycles. The van der Waals surface area contributed by atoms with E-state index < -0.39 is 0 Å². The molecule has 4 aromatic heterocycles. The van der Waals surface area contributed by atoms with Gasteiger partial charge in [0, 0.05) is 17.9 Å². The first-order chi connectivity index (χ1) is 15.6. The smallest absolute Gasteiger partial charge is 0.167 e. The second kappa shape index (κ2) is 7.15. The number of fused-ring (bicyclic) bond motifs is 2. The Morgan fingerprint density at radius 1 is 1.09 bits per heavy atom. The van der Waals surface area contributed by atoms with E-state index in [0.717, 1.165) is 29.6 Å². The fraction of sp³-hybridized carbons (Fsp3) is 0.130. The molecule has 0 saturated carbocycles. The van der Waals surface area contributed by atoms with Gasteiger partial charge >= 0.3 is 0 Å². The Balaban J connectivity index is 1.63. The van der Waals surface area contributed by atoms with Crippen molar-refractivity contribution in [1.82, 2.24) is 29.3 Å². The largest absolute Gasteiger partial charge is 0.383 e. The highest BCUT2D eigenvalue weighted by atomic mass is 35.5. The maximum absolute atomic E-state index is 6.26. The number of aromatic nitrogens is 6. The molecule has 1 aromatic carbocycles. The molecule has 9 heteroatoms. The van der Waals surface area contributed by atoms with Gasteiger partial charge in [0.1, 0.15) is 11.3 Å². The van der Waals surface area contributed by atoms with Gasteiger partial charge in [-0.05, 0) is 60.4 Å². The molecule has 0 unspecified atom stereocenters. The molecule has 1 aliphatic rings. The van der Waals surface area contributed by atoms with Crippen molar-refractivity contribution in [3.63, 3.8) is 0 Å². The number of benzene rings is 1. The Morgan fingerprint density at radius 3 is 2.81 bits per heavy atom. The van der Waals surface area contributed by atoms with Crippen LogP contribution in [0.4, 0.5) is 5.82 Å². The number of hydrogen-bond acceptors (Lipinski definition) is 6. The molecule has 6 rings (SSSR count). The lowest BCUT2D eigenvalue weighted by Gasteiger charge is -2.13. The van der Waals surface area contributed by atoms with Crippen LogP contribution >= 0.6 is 11.6 Å². The fourth-order valence-electron chi connectivity index (χ4n) is 4.31. The van der Waals surface area contributed by atoms with E-state index in [0.29, 0.717) is 28.1 Å². The molecule has 0 fully saturated rings. The summed E-state index contributed by atoms with van der Waals surface area (Å²) in [6.07, 6.45) is 6.87. The third-order valence-corrected chi connectivity index (χ3v) is 6.06. The van der Waals surface area contributed by atoms with Gasteiger partial charge in [-0.15, -0.1) is 0 Å². The number of pyridine rings is 2. The monoisotopic (exact) mass is 442 g/mol. The molecule has 8 nitrogen and oxygen atoms in total. The molecule has 4 heterocycles. The van der Waals surface area contributed by atoms with Gasteiger partial charge < -0.3 is 11.5 Å². The van der Waals surface area contributed by atoms with E-state index in [9.17, 15) is 0 Å². The number of nitrogens with two attached hydrogens (primary N) is 2. The molecule has 5 aromatic rings. The van der Waals surface area contributed by atoms with E-state index in [4.69, 9.17) is 33.0 Å². The first-order valence-electron chi connectivity index (χ1n) is 10.3. The number of rotatable bonds is 3. The van der Waals surface area contributed by atoms with E-state index in [1.807, 2.05) is 28.8 Å². The van der Waals surface area contributed by atoms with E-state index >= 15 is 0 Å². The maximum Gasteiger partial charge on any atom is 0.167 e. The second-order valence-electron chi connectivity index (χ2n) is 7.85. The molecule has 0 bridgehead atoms. The van der Waals surface area contributed by atoms with Crippen molar-refractivity contribution >= 4 is 28.6 Å². The molecule has 0 saturated heterocycles. The Labute approximate surface area is 188 Å². The molecule has 1 aliphatic carbocycles. The Morgan fingerprint density at radius 2 is 2.00 bits per heavy atom. The van der Waals surface area contributed by atoms with Crippen LogP contribution in [0.1, 0.15) is 23.6 Å². The van der Waals surface area contributed by atoms with E-state index in [-0.39, 0.29) is 6.04 Å². The van der Waals surface area contributed by atoms with Crippen molar-refractivity contribution in [2.24, 2.45) is 5.73 Å². The quantitative estimate of drug-likeness (QED) is 0.438. The summed E-state index contributed by atoms with van der Waals surface area (Å²) in [5.41, 5.74) is 18.0. The van der Waals surface area contributed by atoms with Gasteiger partial charge in [-0.2, -0.15) is 5.10 Å². The highest BCUT2D eigenvalue weighted by Crippen LogP contribution is 2.35. The number of halogens is 1. The number of nitrogen functional groups attached to an aromatic ring is 1. The van der Waals surface area contributed by atoms with Crippen LogP contribution in [0.2, 0.25) is 5.02 Å². The first-order valence-corrected chi connectivity index (χ1v) is 10.7. The van der Waals surface area contributed by atoms with E-state index in [1.165, 1.54) is 11.1 Å². The topological polar surface area (TPSA) is 113 Å². The van der Waals surface area contributed by atoms with Crippen molar-refractivity contribution in [1.29, 1.82) is 0 Å². The predicted octanol–water partition coefficient (Wildman–Crippen LogP) is 3.85. The molecule has 4 N–H and O–H groups in total. The Kier molecular flexibility index (Phi) is 4.24. The number of anilines is 1. The summed E-state index contributed by atoms with van der Waals surface area (Å²) in [4.78, 5) is 14.0. The molecule has 32 heavy (non-hydrogen) atoms. The van der Waals surface area contributed by atoms with Crippen LogP contribution in [0.3, 0.4) is 0 Å². The molecule has 1 atom stereocenters. The van der Waals surface area contributed by atoms with E-state index in [2.05, 4.69) is 28.3 Å². The van der Waals surface area contributed by atoms with Crippen molar-refractivity contribution in [2.75, 3.05) is 5.73 Å². The predicted molar refractivity (Wildman–Crippen MR) is 124 cm³/mol.